The lowest BCUT2D eigenvalue weighted by Gasteiger charge is -2.27. The van der Waals surface area contributed by atoms with E-state index in [1.165, 1.54) is 22.5 Å². The van der Waals surface area contributed by atoms with Gasteiger partial charge in [-0.3, -0.25) is 19.2 Å². The first-order valence-corrected chi connectivity index (χ1v) is 15.5. The lowest BCUT2D eigenvalue weighted by Crippen LogP contribution is -2.48. The summed E-state index contributed by atoms with van der Waals surface area (Å²) in [4.78, 5) is 63.5. The Kier molecular flexibility index (Phi) is 11.6. The third-order valence-electron chi connectivity index (χ3n) is 7.38. The Balaban J connectivity index is 0.00000480. The molecule has 3 heterocycles. The number of oxazole rings is 1. The normalized spacial score (nSPS) is 18.3. The molecule has 242 valence electrons. The molecule has 2 aromatic heterocycles. The molecule has 5 rings (SSSR count). The Morgan fingerprint density at radius 3 is 2.39 bits per heavy atom. The fourth-order valence-corrected chi connectivity index (χ4v) is 5.96. The standard InChI is InChI=1S/C32H35N7O5S.ClH/c1-19(2)27-31-37-24(18-45-31)29(42)35-22(15-20-9-5-3-6-10-20)30-36-23(17-44-30)28(41)34-13-14-39(16-25(40)38-27)32(43)26(33)21-11-7-4-8-12-21;/h3-12,17-19,22,26-27H,13-16,33H2,1-2H3,(H,34,41)(H,35,42)(H,38,40);1H/t22-,26-,27-;/m0./s1. The molecule has 3 atom stereocenters. The number of nitrogens with two attached hydrogens (primary N) is 1. The molecule has 1 aliphatic heterocycles. The van der Waals surface area contributed by atoms with Gasteiger partial charge < -0.3 is 31.0 Å². The minimum Gasteiger partial charge on any atom is -0.446 e. The fraction of sp³-hybridized carbons (Fsp3) is 0.312. The van der Waals surface area contributed by atoms with Gasteiger partial charge in [0, 0.05) is 24.9 Å². The van der Waals surface area contributed by atoms with Crippen molar-refractivity contribution in [1.82, 2.24) is 30.8 Å². The molecule has 4 bridgehead atoms. The molecule has 2 aromatic carbocycles. The number of thiazole rings is 1. The number of benzene rings is 2. The number of aromatic nitrogens is 2. The topological polar surface area (TPSA) is 173 Å². The van der Waals surface area contributed by atoms with Crippen molar-refractivity contribution in [3.05, 3.63) is 106 Å². The maximum Gasteiger partial charge on any atom is 0.273 e. The number of carbonyl (C=O) groups excluding carboxylic acids is 4. The monoisotopic (exact) mass is 665 g/mol. The molecule has 14 heteroatoms. The number of nitrogens with zero attached hydrogens (tertiary/aromatic N) is 3. The van der Waals surface area contributed by atoms with E-state index in [-0.39, 0.29) is 55.2 Å². The number of nitrogens with one attached hydrogen (secondary N) is 3. The summed E-state index contributed by atoms with van der Waals surface area (Å²) in [6.07, 6.45) is 1.58. The van der Waals surface area contributed by atoms with Crippen LogP contribution in [0.1, 0.15) is 75.0 Å². The summed E-state index contributed by atoms with van der Waals surface area (Å²) in [5.41, 5.74) is 8.01. The number of amides is 4. The second-order valence-corrected chi connectivity index (χ2v) is 11.9. The van der Waals surface area contributed by atoms with E-state index in [1.54, 1.807) is 29.6 Å². The molecule has 4 aromatic rings. The zero-order valence-electron chi connectivity index (χ0n) is 25.3. The number of hydrogen-bond donors (Lipinski definition) is 4. The number of halogens is 1. The summed E-state index contributed by atoms with van der Waals surface area (Å²) < 4.78 is 5.68. The minimum atomic E-state index is -1.01. The van der Waals surface area contributed by atoms with Gasteiger partial charge in [0.1, 0.15) is 29.0 Å². The van der Waals surface area contributed by atoms with Crippen molar-refractivity contribution in [2.24, 2.45) is 11.7 Å². The summed E-state index contributed by atoms with van der Waals surface area (Å²) in [6, 6.07) is 16.1. The average Bonchev–Trinajstić information content (AvgIpc) is 3.74. The van der Waals surface area contributed by atoms with Crippen molar-refractivity contribution >= 4 is 47.4 Å². The van der Waals surface area contributed by atoms with Gasteiger partial charge in [-0.05, 0) is 17.0 Å². The fourth-order valence-electron chi connectivity index (χ4n) is 4.94. The molecule has 1 aliphatic rings. The second-order valence-electron chi connectivity index (χ2n) is 11.1. The van der Waals surface area contributed by atoms with Crippen molar-refractivity contribution in [1.29, 1.82) is 0 Å². The predicted molar refractivity (Wildman–Crippen MR) is 174 cm³/mol. The van der Waals surface area contributed by atoms with E-state index in [4.69, 9.17) is 10.2 Å². The molecule has 0 saturated heterocycles. The molecule has 0 fully saturated rings. The molecule has 5 N–H and O–H groups in total. The number of rotatable bonds is 5. The maximum absolute atomic E-state index is 13.5. The van der Waals surface area contributed by atoms with E-state index in [9.17, 15) is 19.2 Å². The highest BCUT2D eigenvalue weighted by Crippen LogP contribution is 2.26. The highest BCUT2D eigenvalue weighted by Gasteiger charge is 2.29. The van der Waals surface area contributed by atoms with Gasteiger partial charge in [-0.15, -0.1) is 23.7 Å². The second kappa shape index (κ2) is 15.6. The summed E-state index contributed by atoms with van der Waals surface area (Å²) in [5.74, 6) is -1.81. The van der Waals surface area contributed by atoms with Crippen LogP contribution in [0.4, 0.5) is 0 Å². The molecule has 4 amide bonds. The van der Waals surface area contributed by atoms with E-state index < -0.39 is 41.8 Å². The minimum absolute atomic E-state index is 0. The van der Waals surface area contributed by atoms with Gasteiger partial charge in [0.05, 0.1) is 12.6 Å². The third kappa shape index (κ3) is 8.36. The smallest absolute Gasteiger partial charge is 0.273 e. The van der Waals surface area contributed by atoms with Gasteiger partial charge in [-0.25, -0.2) is 9.97 Å². The zero-order valence-corrected chi connectivity index (χ0v) is 27.0. The molecule has 0 saturated carbocycles. The largest absolute Gasteiger partial charge is 0.446 e. The van der Waals surface area contributed by atoms with Crippen LogP contribution in [0.25, 0.3) is 0 Å². The van der Waals surface area contributed by atoms with Gasteiger partial charge in [-0.2, -0.15) is 0 Å². The van der Waals surface area contributed by atoms with Crippen LogP contribution >= 0.6 is 23.7 Å². The van der Waals surface area contributed by atoms with Crippen molar-refractivity contribution < 1.29 is 23.6 Å². The van der Waals surface area contributed by atoms with E-state index in [0.29, 0.717) is 17.0 Å². The molecule has 0 radical (unpaired) electrons. The van der Waals surface area contributed by atoms with Gasteiger partial charge >= 0.3 is 0 Å². The third-order valence-corrected chi connectivity index (χ3v) is 8.31. The predicted octanol–water partition coefficient (Wildman–Crippen LogP) is 3.35. The van der Waals surface area contributed by atoms with Crippen LogP contribution in [0.5, 0.6) is 0 Å². The Labute approximate surface area is 276 Å². The molecular formula is C32H36ClN7O5S. The number of hydrogen-bond acceptors (Lipinski definition) is 9. The summed E-state index contributed by atoms with van der Waals surface area (Å²) >= 11 is 1.25. The summed E-state index contributed by atoms with van der Waals surface area (Å²) in [5, 5.41) is 10.8. The van der Waals surface area contributed by atoms with E-state index in [1.807, 2.05) is 50.2 Å². The first-order valence-electron chi connectivity index (χ1n) is 14.6. The molecule has 0 unspecified atom stereocenters. The first-order chi connectivity index (χ1) is 21.7. The van der Waals surface area contributed by atoms with Crippen LogP contribution in [0.2, 0.25) is 0 Å². The number of carbonyl (C=O) groups is 4. The average molecular weight is 666 g/mol. The van der Waals surface area contributed by atoms with Crippen molar-refractivity contribution in [2.75, 3.05) is 19.6 Å². The van der Waals surface area contributed by atoms with Crippen molar-refractivity contribution in [2.45, 2.75) is 38.4 Å². The van der Waals surface area contributed by atoms with Gasteiger partial charge in [-0.1, -0.05) is 74.5 Å². The van der Waals surface area contributed by atoms with E-state index >= 15 is 0 Å². The Morgan fingerprint density at radius 1 is 1.00 bits per heavy atom. The Bertz CT molecular complexity index is 1650. The summed E-state index contributed by atoms with van der Waals surface area (Å²) in [7, 11) is 0. The molecular weight excluding hydrogens is 630 g/mol. The Hall–Kier alpha value is -4.59. The number of fused-ring (bicyclic) bond motifs is 4. The van der Waals surface area contributed by atoms with Gasteiger partial charge in [0.2, 0.25) is 17.7 Å². The van der Waals surface area contributed by atoms with Crippen LogP contribution < -0.4 is 21.7 Å². The zero-order chi connectivity index (χ0) is 31.9. The van der Waals surface area contributed by atoms with Gasteiger partial charge in [0.15, 0.2) is 5.69 Å². The van der Waals surface area contributed by atoms with Crippen LogP contribution in [0.15, 0.2) is 76.7 Å². The van der Waals surface area contributed by atoms with Crippen molar-refractivity contribution in [3.63, 3.8) is 0 Å². The molecule has 0 spiro atoms. The van der Waals surface area contributed by atoms with E-state index in [0.717, 1.165) is 5.56 Å². The molecule has 0 aliphatic carbocycles. The maximum atomic E-state index is 13.5. The van der Waals surface area contributed by atoms with Crippen LogP contribution in [-0.2, 0) is 16.0 Å². The Morgan fingerprint density at radius 2 is 1.70 bits per heavy atom. The van der Waals surface area contributed by atoms with Crippen molar-refractivity contribution in [3.8, 4) is 0 Å². The van der Waals surface area contributed by atoms with E-state index in [2.05, 4.69) is 25.9 Å². The lowest BCUT2D eigenvalue weighted by atomic mass is 10.0. The molecule has 46 heavy (non-hydrogen) atoms. The first kappa shape index (κ1) is 34.3. The van der Waals surface area contributed by atoms with Crippen LogP contribution in [0.3, 0.4) is 0 Å². The summed E-state index contributed by atoms with van der Waals surface area (Å²) in [6.45, 7) is 3.60. The molecule has 12 nitrogen and oxygen atoms in total. The van der Waals surface area contributed by atoms with Crippen LogP contribution in [-0.4, -0.2) is 58.1 Å². The van der Waals surface area contributed by atoms with Crippen LogP contribution in [0, 0.1) is 5.92 Å². The highest BCUT2D eigenvalue weighted by atomic mass is 35.5. The SMILES string of the molecule is CC(C)[C@@H]1NC(=O)CN(C(=O)[C@@H](N)c2ccccc2)CCNC(=O)c2coc(n2)[C@H](Cc2ccccc2)NC(=O)c2csc1n2.Cl. The highest BCUT2D eigenvalue weighted by molar-refractivity contribution is 7.09. The quantitative estimate of drug-likeness (QED) is 0.251. The lowest BCUT2D eigenvalue weighted by molar-refractivity contribution is -0.137. The van der Waals surface area contributed by atoms with Gasteiger partial charge in [0.25, 0.3) is 11.8 Å².